The van der Waals surface area contributed by atoms with Crippen molar-refractivity contribution in [3.63, 3.8) is 0 Å². The summed E-state index contributed by atoms with van der Waals surface area (Å²) in [6.45, 7) is 7.82. The Morgan fingerprint density at radius 1 is 1.03 bits per heavy atom. The Balaban J connectivity index is 1.52. The van der Waals surface area contributed by atoms with Gasteiger partial charge < -0.3 is 14.0 Å². The van der Waals surface area contributed by atoms with Crippen LogP contribution in [0.15, 0.2) is 54.7 Å². The Labute approximate surface area is 203 Å². The van der Waals surface area contributed by atoms with Crippen LogP contribution in [0.4, 0.5) is 5.95 Å². The van der Waals surface area contributed by atoms with Crippen LogP contribution in [-0.2, 0) is 16.0 Å². The van der Waals surface area contributed by atoms with E-state index in [2.05, 4.69) is 15.4 Å². The number of esters is 1. The summed E-state index contributed by atoms with van der Waals surface area (Å²) in [4.78, 5) is 29.7. The number of fused-ring (bicyclic) bond motifs is 1. The SMILES string of the molecule is CCOCCCn1c(NC(=O)c2ccc(-n3ncc(C(=O)OCC)c3C)cc2)nc2ccccc21. The van der Waals surface area contributed by atoms with E-state index in [4.69, 9.17) is 9.47 Å². The molecule has 9 nitrogen and oxygen atoms in total. The Morgan fingerprint density at radius 3 is 2.54 bits per heavy atom. The summed E-state index contributed by atoms with van der Waals surface area (Å²) in [7, 11) is 0. The van der Waals surface area contributed by atoms with E-state index < -0.39 is 5.97 Å². The summed E-state index contributed by atoms with van der Waals surface area (Å²) in [5.41, 5.74) is 4.08. The molecule has 4 rings (SSSR count). The number of aromatic nitrogens is 4. The van der Waals surface area contributed by atoms with Crippen LogP contribution >= 0.6 is 0 Å². The van der Waals surface area contributed by atoms with Gasteiger partial charge in [0.15, 0.2) is 0 Å². The minimum atomic E-state index is -0.406. The van der Waals surface area contributed by atoms with Crippen LogP contribution in [0.1, 0.15) is 46.7 Å². The second-order valence-electron chi connectivity index (χ2n) is 7.90. The maximum absolute atomic E-state index is 13.0. The zero-order valence-electron chi connectivity index (χ0n) is 20.2. The van der Waals surface area contributed by atoms with E-state index >= 15 is 0 Å². The summed E-state index contributed by atoms with van der Waals surface area (Å²) >= 11 is 0. The van der Waals surface area contributed by atoms with Gasteiger partial charge in [-0.1, -0.05) is 12.1 Å². The molecule has 0 aliphatic carbocycles. The van der Waals surface area contributed by atoms with Crippen LogP contribution in [-0.4, -0.2) is 51.0 Å². The Bertz CT molecular complexity index is 1320. The van der Waals surface area contributed by atoms with E-state index in [1.54, 1.807) is 42.8 Å². The number of aryl methyl sites for hydroxylation is 1. The zero-order chi connectivity index (χ0) is 24.8. The van der Waals surface area contributed by atoms with E-state index in [0.29, 0.717) is 49.1 Å². The smallest absolute Gasteiger partial charge is 0.341 e. The number of hydrogen-bond acceptors (Lipinski definition) is 6. The van der Waals surface area contributed by atoms with Gasteiger partial charge in [-0.3, -0.25) is 10.1 Å². The number of ether oxygens (including phenoxy) is 2. The topological polar surface area (TPSA) is 100 Å². The molecule has 0 aliphatic heterocycles. The molecular weight excluding hydrogens is 446 g/mol. The average molecular weight is 476 g/mol. The molecule has 1 N–H and O–H groups in total. The third kappa shape index (κ3) is 5.25. The largest absolute Gasteiger partial charge is 0.462 e. The number of anilines is 1. The number of nitrogens with zero attached hydrogens (tertiary/aromatic N) is 4. The average Bonchev–Trinajstić information content (AvgIpc) is 3.42. The standard InChI is InChI=1S/C26H29N5O4/c1-4-34-16-8-15-30-23-10-7-6-9-22(23)28-26(30)29-24(32)19-11-13-20(14-12-19)31-18(3)21(17-27-31)25(33)35-5-2/h6-7,9-14,17H,4-5,8,15-16H2,1-3H3,(H,28,29,32). The lowest BCUT2D eigenvalue weighted by Gasteiger charge is -2.11. The molecule has 2 heterocycles. The van der Waals surface area contributed by atoms with Gasteiger partial charge in [0.1, 0.15) is 5.56 Å². The van der Waals surface area contributed by atoms with Crippen molar-refractivity contribution in [1.29, 1.82) is 0 Å². The van der Waals surface area contributed by atoms with Crippen molar-refractivity contribution in [2.45, 2.75) is 33.7 Å². The lowest BCUT2D eigenvalue weighted by molar-refractivity contribution is 0.0525. The molecule has 9 heteroatoms. The molecule has 0 aliphatic rings. The number of rotatable bonds is 10. The number of imidazole rings is 1. The third-order valence-electron chi connectivity index (χ3n) is 5.63. The number of carbonyl (C=O) groups is 2. The minimum Gasteiger partial charge on any atom is -0.462 e. The molecule has 0 atom stereocenters. The van der Waals surface area contributed by atoms with Crippen LogP contribution in [0.5, 0.6) is 0 Å². The van der Waals surface area contributed by atoms with Crippen LogP contribution in [0.25, 0.3) is 16.7 Å². The van der Waals surface area contributed by atoms with Crippen LogP contribution < -0.4 is 5.32 Å². The first-order chi connectivity index (χ1) is 17.0. The number of amides is 1. The van der Waals surface area contributed by atoms with Gasteiger partial charge in [0.05, 0.1) is 35.2 Å². The number of para-hydroxylation sites is 2. The van der Waals surface area contributed by atoms with Crippen molar-refractivity contribution >= 4 is 28.9 Å². The van der Waals surface area contributed by atoms with Crippen molar-refractivity contribution < 1.29 is 19.1 Å². The normalized spacial score (nSPS) is 11.1. The molecule has 0 unspecified atom stereocenters. The molecule has 35 heavy (non-hydrogen) atoms. The van der Waals surface area contributed by atoms with E-state index in [9.17, 15) is 9.59 Å². The first-order valence-electron chi connectivity index (χ1n) is 11.7. The van der Waals surface area contributed by atoms with Crippen molar-refractivity contribution in [1.82, 2.24) is 19.3 Å². The Morgan fingerprint density at radius 2 is 1.80 bits per heavy atom. The van der Waals surface area contributed by atoms with E-state index in [0.717, 1.165) is 23.1 Å². The Kier molecular flexibility index (Phi) is 7.57. The monoisotopic (exact) mass is 475 g/mol. The van der Waals surface area contributed by atoms with E-state index in [1.165, 1.54) is 6.20 Å². The first kappa shape index (κ1) is 24.2. The first-order valence-corrected chi connectivity index (χ1v) is 11.7. The molecule has 2 aromatic carbocycles. The molecular formula is C26H29N5O4. The molecule has 0 radical (unpaired) electrons. The van der Waals surface area contributed by atoms with Gasteiger partial charge in [-0.05, 0) is 63.6 Å². The molecule has 0 saturated carbocycles. The summed E-state index contributed by atoms with van der Waals surface area (Å²) in [5.74, 6) is -0.169. The van der Waals surface area contributed by atoms with Crippen LogP contribution in [0, 0.1) is 6.92 Å². The van der Waals surface area contributed by atoms with Crippen molar-refractivity contribution in [2.24, 2.45) is 0 Å². The van der Waals surface area contributed by atoms with Gasteiger partial charge >= 0.3 is 5.97 Å². The summed E-state index contributed by atoms with van der Waals surface area (Å²) in [5, 5.41) is 7.25. The third-order valence-corrected chi connectivity index (χ3v) is 5.63. The molecule has 0 spiro atoms. The van der Waals surface area contributed by atoms with Crippen molar-refractivity contribution in [3.05, 3.63) is 71.5 Å². The molecule has 182 valence electrons. The molecule has 0 saturated heterocycles. The highest BCUT2D eigenvalue weighted by Gasteiger charge is 2.17. The predicted octanol–water partition coefficient (Wildman–Crippen LogP) is 4.39. The van der Waals surface area contributed by atoms with Gasteiger partial charge in [0.25, 0.3) is 5.91 Å². The summed E-state index contributed by atoms with van der Waals surface area (Å²) in [6.07, 6.45) is 2.30. The second-order valence-corrected chi connectivity index (χ2v) is 7.90. The van der Waals surface area contributed by atoms with Crippen LogP contribution in [0.3, 0.4) is 0 Å². The lowest BCUT2D eigenvalue weighted by Crippen LogP contribution is -2.16. The highest BCUT2D eigenvalue weighted by atomic mass is 16.5. The number of nitrogens with one attached hydrogen (secondary N) is 1. The molecule has 1 amide bonds. The number of carbonyl (C=O) groups excluding carboxylic acids is 2. The molecule has 0 fully saturated rings. The fraction of sp³-hybridized carbons (Fsp3) is 0.308. The quantitative estimate of drug-likeness (QED) is 0.270. The fourth-order valence-electron chi connectivity index (χ4n) is 3.87. The lowest BCUT2D eigenvalue weighted by atomic mass is 10.2. The molecule has 4 aromatic rings. The van der Waals surface area contributed by atoms with Crippen molar-refractivity contribution in [2.75, 3.05) is 25.1 Å². The van der Waals surface area contributed by atoms with Gasteiger partial charge in [-0.15, -0.1) is 0 Å². The molecule has 0 bridgehead atoms. The van der Waals surface area contributed by atoms with E-state index in [1.807, 2.05) is 35.8 Å². The van der Waals surface area contributed by atoms with Crippen LogP contribution in [0.2, 0.25) is 0 Å². The maximum atomic E-state index is 13.0. The van der Waals surface area contributed by atoms with Gasteiger partial charge in [0.2, 0.25) is 5.95 Å². The fourth-order valence-corrected chi connectivity index (χ4v) is 3.87. The summed E-state index contributed by atoms with van der Waals surface area (Å²) in [6, 6.07) is 14.8. The minimum absolute atomic E-state index is 0.262. The van der Waals surface area contributed by atoms with E-state index in [-0.39, 0.29) is 5.91 Å². The van der Waals surface area contributed by atoms with Crippen molar-refractivity contribution in [3.8, 4) is 5.69 Å². The summed E-state index contributed by atoms with van der Waals surface area (Å²) < 4.78 is 14.2. The molecule has 2 aromatic heterocycles. The Hall–Kier alpha value is -3.98. The highest BCUT2D eigenvalue weighted by Crippen LogP contribution is 2.21. The number of hydrogen-bond donors (Lipinski definition) is 1. The maximum Gasteiger partial charge on any atom is 0.341 e. The van der Waals surface area contributed by atoms with Gasteiger partial charge in [-0.2, -0.15) is 5.10 Å². The second kappa shape index (κ2) is 11.0. The number of benzene rings is 2. The van der Waals surface area contributed by atoms with Gasteiger partial charge in [-0.25, -0.2) is 14.5 Å². The zero-order valence-corrected chi connectivity index (χ0v) is 20.2. The predicted molar refractivity (Wildman–Crippen MR) is 133 cm³/mol. The highest BCUT2D eigenvalue weighted by molar-refractivity contribution is 6.04. The van der Waals surface area contributed by atoms with Gasteiger partial charge in [0, 0.05) is 25.3 Å².